The number of aromatic hydroxyl groups is 2. The van der Waals surface area contributed by atoms with Crippen LogP contribution in [0.3, 0.4) is 0 Å². The van der Waals surface area contributed by atoms with Crippen molar-refractivity contribution in [3.05, 3.63) is 39.8 Å². The summed E-state index contributed by atoms with van der Waals surface area (Å²) in [5.74, 6) is -0.512. The maximum Gasteiger partial charge on any atom is 0.256 e. The molecule has 0 saturated heterocycles. The minimum absolute atomic E-state index is 0.115. The highest BCUT2D eigenvalue weighted by Gasteiger charge is 2.33. The SMILES string of the molecule is O=C1N[C@@H](c2cccc(O)c2O)Nc2sc3c(c21)CCC3. The first-order chi connectivity index (χ1) is 10.1. The van der Waals surface area contributed by atoms with Gasteiger partial charge in [0.2, 0.25) is 0 Å². The van der Waals surface area contributed by atoms with Gasteiger partial charge in [-0.25, -0.2) is 0 Å². The molecule has 2 heterocycles. The van der Waals surface area contributed by atoms with E-state index in [0.717, 1.165) is 29.8 Å². The van der Waals surface area contributed by atoms with E-state index in [1.54, 1.807) is 23.5 Å². The molecule has 1 atom stereocenters. The van der Waals surface area contributed by atoms with Gasteiger partial charge < -0.3 is 20.8 Å². The summed E-state index contributed by atoms with van der Waals surface area (Å²) in [6.07, 6.45) is 2.57. The smallest absolute Gasteiger partial charge is 0.256 e. The normalized spacial score (nSPS) is 19.6. The van der Waals surface area contributed by atoms with E-state index >= 15 is 0 Å². The van der Waals surface area contributed by atoms with E-state index in [9.17, 15) is 15.0 Å². The molecule has 2 aromatic rings. The van der Waals surface area contributed by atoms with Crippen LogP contribution in [0.25, 0.3) is 0 Å². The van der Waals surface area contributed by atoms with Gasteiger partial charge in [0.05, 0.1) is 5.56 Å². The number of nitrogens with one attached hydrogen (secondary N) is 2. The Kier molecular flexibility index (Phi) is 2.62. The lowest BCUT2D eigenvalue weighted by molar-refractivity contribution is 0.0935. The second-order valence-electron chi connectivity index (χ2n) is 5.33. The molecule has 4 N–H and O–H groups in total. The molecule has 1 aliphatic carbocycles. The predicted octanol–water partition coefficient (Wildman–Crippen LogP) is 2.50. The van der Waals surface area contributed by atoms with Crippen LogP contribution in [-0.4, -0.2) is 16.1 Å². The third-order valence-corrected chi connectivity index (χ3v) is 5.28. The third kappa shape index (κ3) is 1.79. The second-order valence-corrected chi connectivity index (χ2v) is 6.43. The molecule has 1 aliphatic heterocycles. The minimum atomic E-state index is -0.532. The number of para-hydroxylation sites is 1. The van der Waals surface area contributed by atoms with Crippen LogP contribution in [0.4, 0.5) is 5.00 Å². The van der Waals surface area contributed by atoms with Crippen LogP contribution in [0.15, 0.2) is 18.2 Å². The highest BCUT2D eigenvalue weighted by Crippen LogP contribution is 2.43. The van der Waals surface area contributed by atoms with Gasteiger partial charge in [0.15, 0.2) is 11.5 Å². The van der Waals surface area contributed by atoms with E-state index in [1.807, 2.05) is 0 Å². The third-order valence-electron chi connectivity index (χ3n) is 4.06. The molecule has 21 heavy (non-hydrogen) atoms. The first kappa shape index (κ1) is 12.5. The number of carbonyl (C=O) groups is 1. The number of phenols is 2. The van der Waals surface area contributed by atoms with Crippen molar-refractivity contribution in [3.63, 3.8) is 0 Å². The maximum absolute atomic E-state index is 12.4. The molecular formula is C15H14N2O3S. The number of hydrogen-bond acceptors (Lipinski definition) is 5. The Hall–Kier alpha value is -2.21. The molecule has 0 fully saturated rings. The predicted molar refractivity (Wildman–Crippen MR) is 79.9 cm³/mol. The van der Waals surface area contributed by atoms with Gasteiger partial charge in [-0.2, -0.15) is 0 Å². The average molecular weight is 302 g/mol. The van der Waals surface area contributed by atoms with Crippen molar-refractivity contribution in [1.82, 2.24) is 5.32 Å². The van der Waals surface area contributed by atoms with Gasteiger partial charge in [0, 0.05) is 10.4 Å². The van der Waals surface area contributed by atoms with Crippen LogP contribution in [0.5, 0.6) is 11.5 Å². The Bertz CT molecular complexity index is 754. The fraction of sp³-hybridized carbons (Fsp3) is 0.267. The van der Waals surface area contributed by atoms with Crippen LogP contribution < -0.4 is 10.6 Å². The molecule has 0 saturated carbocycles. The van der Waals surface area contributed by atoms with Crippen molar-refractivity contribution in [2.24, 2.45) is 0 Å². The van der Waals surface area contributed by atoms with Gasteiger partial charge in [0.1, 0.15) is 11.2 Å². The summed E-state index contributed by atoms with van der Waals surface area (Å²) in [7, 11) is 0. The molecule has 6 heteroatoms. The van der Waals surface area contributed by atoms with Gasteiger partial charge in [-0.3, -0.25) is 4.79 Å². The summed E-state index contributed by atoms with van der Waals surface area (Å²) in [6, 6.07) is 4.73. The lowest BCUT2D eigenvalue weighted by Gasteiger charge is -2.27. The largest absolute Gasteiger partial charge is 0.504 e. The number of amides is 1. The Balaban J connectivity index is 1.75. The number of anilines is 1. The number of thiophene rings is 1. The molecule has 1 aromatic carbocycles. The Morgan fingerprint density at radius 2 is 2.05 bits per heavy atom. The monoisotopic (exact) mass is 302 g/mol. The van der Waals surface area contributed by atoms with Crippen LogP contribution in [0.2, 0.25) is 0 Å². The summed E-state index contributed by atoms with van der Waals surface area (Å²) in [5, 5.41) is 26.5. The standard InChI is InChI=1S/C15H14N2O3S/c18-9-5-1-4-8(12(9)19)13-16-14(20)11-7-3-2-6-10(7)21-15(11)17-13/h1,4-5,13,17-19H,2-3,6H2,(H,16,20)/t13-/m1/s1. The molecule has 1 amide bonds. The summed E-state index contributed by atoms with van der Waals surface area (Å²) in [6.45, 7) is 0. The van der Waals surface area contributed by atoms with Crippen molar-refractivity contribution in [2.45, 2.75) is 25.4 Å². The highest BCUT2D eigenvalue weighted by molar-refractivity contribution is 7.16. The summed E-state index contributed by atoms with van der Waals surface area (Å²) in [5.41, 5.74) is 2.38. The number of benzene rings is 1. The van der Waals surface area contributed by atoms with E-state index in [2.05, 4.69) is 10.6 Å². The second kappa shape index (κ2) is 4.39. The zero-order valence-electron chi connectivity index (χ0n) is 11.1. The van der Waals surface area contributed by atoms with Crippen molar-refractivity contribution in [3.8, 4) is 11.5 Å². The zero-order chi connectivity index (χ0) is 14.6. The van der Waals surface area contributed by atoms with Crippen molar-refractivity contribution < 1.29 is 15.0 Å². The van der Waals surface area contributed by atoms with Crippen molar-refractivity contribution >= 4 is 22.2 Å². The molecule has 5 nitrogen and oxygen atoms in total. The Labute approximate surface area is 125 Å². The number of hydrogen-bond donors (Lipinski definition) is 4. The van der Waals surface area contributed by atoms with Crippen molar-refractivity contribution in [2.75, 3.05) is 5.32 Å². The van der Waals surface area contributed by atoms with E-state index in [4.69, 9.17) is 0 Å². The van der Waals surface area contributed by atoms with Crippen LogP contribution >= 0.6 is 11.3 Å². The highest BCUT2D eigenvalue weighted by atomic mass is 32.1. The fourth-order valence-corrected chi connectivity index (χ4v) is 4.37. The van der Waals surface area contributed by atoms with E-state index in [1.165, 1.54) is 16.5 Å². The summed E-state index contributed by atoms with van der Waals surface area (Å²) >= 11 is 1.62. The molecule has 0 unspecified atom stereocenters. The average Bonchev–Trinajstić information content (AvgIpc) is 3.01. The van der Waals surface area contributed by atoms with Gasteiger partial charge in [-0.1, -0.05) is 12.1 Å². The first-order valence-electron chi connectivity index (χ1n) is 6.88. The van der Waals surface area contributed by atoms with Gasteiger partial charge >= 0.3 is 0 Å². The minimum Gasteiger partial charge on any atom is -0.504 e. The van der Waals surface area contributed by atoms with Gasteiger partial charge in [-0.05, 0) is 30.9 Å². The zero-order valence-corrected chi connectivity index (χ0v) is 12.0. The topological polar surface area (TPSA) is 81.6 Å². The summed E-state index contributed by atoms with van der Waals surface area (Å²) in [4.78, 5) is 13.7. The molecule has 2 aliphatic rings. The van der Waals surface area contributed by atoms with Crippen LogP contribution in [-0.2, 0) is 12.8 Å². The number of carbonyl (C=O) groups excluding carboxylic acids is 1. The number of fused-ring (bicyclic) bond motifs is 3. The molecule has 0 radical (unpaired) electrons. The molecular weight excluding hydrogens is 288 g/mol. The van der Waals surface area contributed by atoms with Gasteiger partial charge in [-0.15, -0.1) is 11.3 Å². The Morgan fingerprint density at radius 3 is 2.90 bits per heavy atom. The lowest BCUT2D eigenvalue weighted by Crippen LogP contribution is -2.38. The fourth-order valence-electron chi connectivity index (χ4n) is 3.05. The van der Waals surface area contributed by atoms with E-state index in [0.29, 0.717) is 5.56 Å². The molecule has 108 valence electrons. The van der Waals surface area contributed by atoms with Gasteiger partial charge in [0.25, 0.3) is 5.91 Å². The number of aryl methyl sites for hydroxylation is 1. The summed E-state index contributed by atoms with van der Waals surface area (Å²) < 4.78 is 0. The molecule has 0 spiro atoms. The lowest BCUT2D eigenvalue weighted by atomic mass is 10.1. The quantitative estimate of drug-likeness (QED) is 0.610. The molecule has 0 bridgehead atoms. The number of rotatable bonds is 1. The molecule has 4 rings (SSSR count). The van der Waals surface area contributed by atoms with E-state index in [-0.39, 0.29) is 17.4 Å². The van der Waals surface area contributed by atoms with Crippen LogP contribution in [0, 0.1) is 0 Å². The number of phenolic OH excluding ortho intramolecular Hbond substituents is 2. The molecule has 1 aromatic heterocycles. The van der Waals surface area contributed by atoms with Crippen LogP contribution in [0.1, 0.15) is 38.9 Å². The Morgan fingerprint density at radius 1 is 1.19 bits per heavy atom. The van der Waals surface area contributed by atoms with Crippen molar-refractivity contribution in [1.29, 1.82) is 0 Å². The van der Waals surface area contributed by atoms with E-state index < -0.39 is 6.17 Å². The maximum atomic E-state index is 12.4. The first-order valence-corrected chi connectivity index (χ1v) is 7.69.